The third-order valence-electron chi connectivity index (χ3n) is 2.98. The molecule has 100 valence electrons. The predicted molar refractivity (Wildman–Crippen MR) is 70.5 cm³/mol. The van der Waals surface area contributed by atoms with E-state index in [9.17, 15) is 8.42 Å². The first-order chi connectivity index (χ1) is 8.50. The van der Waals surface area contributed by atoms with E-state index in [-0.39, 0.29) is 17.4 Å². The summed E-state index contributed by atoms with van der Waals surface area (Å²) in [5.74, 6) is 1.72. The van der Waals surface area contributed by atoms with Gasteiger partial charge in [0.1, 0.15) is 5.82 Å². The zero-order valence-corrected chi connectivity index (χ0v) is 11.0. The lowest BCUT2D eigenvalue weighted by Gasteiger charge is -2.11. The summed E-state index contributed by atoms with van der Waals surface area (Å²) in [7, 11) is -1.32. The Morgan fingerprint density at radius 1 is 1.56 bits per heavy atom. The molecule has 1 saturated heterocycles. The zero-order chi connectivity index (χ0) is 13.2. The highest BCUT2D eigenvalue weighted by atomic mass is 32.2. The van der Waals surface area contributed by atoms with Crippen LogP contribution in [0.5, 0.6) is 5.88 Å². The largest absolute Gasteiger partial charge is 0.479 e. The van der Waals surface area contributed by atoms with Gasteiger partial charge in [0.15, 0.2) is 9.84 Å². The minimum atomic E-state index is -2.82. The van der Waals surface area contributed by atoms with E-state index in [1.54, 1.807) is 12.1 Å². The minimum absolute atomic E-state index is 0.153. The van der Waals surface area contributed by atoms with E-state index in [0.717, 1.165) is 0 Å². The van der Waals surface area contributed by atoms with Crippen LogP contribution < -0.4 is 15.8 Å². The smallest absolute Gasteiger partial charge is 0.238 e. The number of aromatic nitrogens is 1. The molecule has 0 radical (unpaired) electrons. The molecule has 2 rings (SSSR count). The normalized spacial score (nSPS) is 21.7. The molecule has 1 unspecified atom stereocenters. The van der Waals surface area contributed by atoms with Gasteiger partial charge in [0, 0.05) is 6.54 Å². The van der Waals surface area contributed by atoms with Gasteiger partial charge in [0.2, 0.25) is 5.88 Å². The number of anilines is 2. The SMILES string of the molecule is COc1nc(NCC2CCS(=O)(=O)C2)ccc1N. The maximum absolute atomic E-state index is 11.3. The number of rotatable bonds is 4. The van der Waals surface area contributed by atoms with Gasteiger partial charge in [-0.15, -0.1) is 0 Å². The Morgan fingerprint density at radius 2 is 2.33 bits per heavy atom. The summed E-state index contributed by atoms with van der Waals surface area (Å²) in [6, 6.07) is 3.46. The van der Waals surface area contributed by atoms with E-state index >= 15 is 0 Å². The Balaban J connectivity index is 1.95. The van der Waals surface area contributed by atoms with Gasteiger partial charge in [0.25, 0.3) is 0 Å². The molecule has 1 atom stereocenters. The minimum Gasteiger partial charge on any atom is -0.479 e. The fourth-order valence-electron chi connectivity index (χ4n) is 2.00. The lowest BCUT2D eigenvalue weighted by Crippen LogP contribution is -2.16. The first-order valence-electron chi connectivity index (χ1n) is 5.75. The van der Waals surface area contributed by atoms with Crippen molar-refractivity contribution in [2.75, 3.05) is 36.2 Å². The number of methoxy groups -OCH3 is 1. The van der Waals surface area contributed by atoms with Crippen LogP contribution in [0.3, 0.4) is 0 Å². The highest BCUT2D eigenvalue weighted by Crippen LogP contribution is 2.22. The first-order valence-corrected chi connectivity index (χ1v) is 7.57. The van der Waals surface area contributed by atoms with Crippen molar-refractivity contribution < 1.29 is 13.2 Å². The van der Waals surface area contributed by atoms with Crippen LogP contribution in [0.25, 0.3) is 0 Å². The second-order valence-electron chi connectivity index (χ2n) is 4.44. The standard InChI is InChI=1S/C11H17N3O3S/c1-17-11-9(12)2-3-10(14-11)13-6-8-4-5-18(15,16)7-8/h2-3,8H,4-7,12H2,1H3,(H,13,14). The van der Waals surface area contributed by atoms with Gasteiger partial charge in [-0.1, -0.05) is 0 Å². The third kappa shape index (κ3) is 3.04. The Labute approximate surface area is 106 Å². The van der Waals surface area contributed by atoms with Crippen molar-refractivity contribution in [2.45, 2.75) is 6.42 Å². The lowest BCUT2D eigenvalue weighted by molar-refractivity contribution is 0.401. The highest BCUT2D eigenvalue weighted by Gasteiger charge is 2.27. The Morgan fingerprint density at radius 3 is 2.94 bits per heavy atom. The number of ether oxygens (including phenoxy) is 1. The van der Waals surface area contributed by atoms with Crippen molar-refractivity contribution in [2.24, 2.45) is 5.92 Å². The van der Waals surface area contributed by atoms with Crippen LogP contribution in [0, 0.1) is 5.92 Å². The number of hydrogen-bond acceptors (Lipinski definition) is 6. The summed E-state index contributed by atoms with van der Waals surface area (Å²) in [5, 5.41) is 3.12. The van der Waals surface area contributed by atoms with Crippen molar-refractivity contribution in [1.29, 1.82) is 0 Å². The molecule has 1 aromatic heterocycles. The van der Waals surface area contributed by atoms with Crippen molar-refractivity contribution >= 4 is 21.3 Å². The van der Waals surface area contributed by atoms with E-state index in [1.807, 2.05) is 0 Å². The number of nitrogens with zero attached hydrogens (tertiary/aromatic N) is 1. The number of nitrogens with one attached hydrogen (secondary N) is 1. The van der Waals surface area contributed by atoms with Gasteiger partial charge in [-0.3, -0.25) is 0 Å². The Bertz CT molecular complexity index is 530. The average molecular weight is 271 g/mol. The van der Waals surface area contributed by atoms with Crippen molar-refractivity contribution in [1.82, 2.24) is 4.98 Å². The topological polar surface area (TPSA) is 94.3 Å². The molecule has 0 bridgehead atoms. The van der Waals surface area contributed by atoms with E-state index < -0.39 is 9.84 Å². The first kappa shape index (κ1) is 12.9. The molecular formula is C11H17N3O3S. The second-order valence-corrected chi connectivity index (χ2v) is 6.67. The molecule has 1 aliphatic heterocycles. The number of nitrogens with two attached hydrogens (primary N) is 1. The molecule has 18 heavy (non-hydrogen) atoms. The van der Waals surface area contributed by atoms with Gasteiger partial charge >= 0.3 is 0 Å². The van der Waals surface area contributed by atoms with Gasteiger partial charge in [-0.2, -0.15) is 4.98 Å². The summed E-state index contributed by atoms with van der Waals surface area (Å²) in [6.07, 6.45) is 0.710. The quantitative estimate of drug-likeness (QED) is 0.829. The Kier molecular flexibility index (Phi) is 3.60. The van der Waals surface area contributed by atoms with Crippen LogP contribution in [0.4, 0.5) is 11.5 Å². The van der Waals surface area contributed by atoms with Crippen molar-refractivity contribution in [3.05, 3.63) is 12.1 Å². The van der Waals surface area contributed by atoms with Crippen LogP contribution in [0.1, 0.15) is 6.42 Å². The number of nitrogen functional groups attached to an aromatic ring is 1. The van der Waals surface area contributed by atoms with E-state index in [1.165, 1.54) is 7.11 Å². The van der Waals surface area contributed by atoms with E-state index in [0.29, 0.717) is 30.4 Å². The van der Waals surface area contributed by atoms with Crippen LogP contribution in [-0.2, 0) is 9.84 Å². The molecular weight excluding hydrogens is 254 g/mol. The highest BCUT2D eigenvalue weighted by molar-refractivity contribution is 7.91. The number of sulfone groups is 1. The van der Waals surface area contributed by atoms with Gasteiger partial charge in [-0.05, 0) is 24.5 Å². The van der Waals surface area contributed by atoms with E-state index in [4.69, 9.17) is 10.5 Å². The van der Waals surface area contributed by atoms with Gasteiger partial charge in [-0.25, -0.2) is 8.42 Å². The van der Waals surface area contributed by atoms with Crippen molar-refractivity contribution in [3.63, 3.8) is 0 Å². The number of hydrogen-bond donors (Lipinski definition) is 2. The summed E-state index contributed by atoms with van der Waals surface area (Å²) in [4.78, 5) is 4.18. The van der Waals surface area contributed by atoms with Crippen LogP contribution in [0.15, 0.2) is 12.1 Å². The molecule has 2 heterocycles. The summed E-state index contributed by atoms with van der Waals surface area (Å²) < 4.78 is 27.7. The number of pyridine rings is 1. The van der Waals surface area contributed by atoms with Crippen LogP contribution in [0.2, 0.25) is 0 Å². The summed E-state index contributed by atoms with van der Waals surface area (Å²) in [6.45, 7) is 0.597. The fourth-order valence-corrected chi connectivity index (χ4v) is 3.86. The molecule has 3 N–H and O–H groups in total. The molecule has 6 nitrogen and oxygen atoms in total. The molecule has 1 aliphatic rings. The molecule has 7 heteroatoms. The van der Waals surface area contributed by atoms with Crippen LogP contribution in [-0.4, -0.2) is 38.6 Å². The average Bonchev–Trinajstić information content (AvgIpc) is 2.68. The molecule has 0 spiro atoms. The molecule has 1 fully saturated rings. The fraction of sp³-hybridized carbons (Fsp3) is 0.545. The lowest BCUT2D eigenvalue weighted by atomic mass is 10.1. The molecule has 1 aromatic rings. The maximum atomic E-state index is 11.3. The second kappa shape index (κ2) is 5.01. The Hall–Kier alpha value is -1.50. The molecule has 0 aromatic carbocycles. The molecule has 0 saturated carbocycles. The predicted octanol–water partition coefficient (Wildman–Crippen LogP) is 0.519. The van der Waals surface area contributed by atoms with Crippen LogP contribution >= 0.6 is 0 Å². The third-order valence-corrected chi connectivity index (χ3v) is 4.82. The molecule has 0 amide bonds. The van der Waals surface area contributed by atoms with Gasteiger partial charge in [0.05, 0.1) is 24.3 Å². The zero-order valence-electron chi connectivity index (χ0n) is 10.2. The maximum Gasteiger partial charge on any atom is 0.238 e. The summed E-state index contributed by atoms with van der Waals surface area (Å²) in [5.41, 5.74) is 6.14. The van der Waals surface area contributed by atoms with E-state index in [2.05, 4.69) is 10.3 Å². The monoisotopic (exact) mass is 271 g/mol. The summed E-state index contributed by atoms with van der Waals surface area (Å²) >= 11 is 0. The molecule has 0 aliphatic carbocycles. The van der Waals surface area contributed by atoms with Gasteiger partial charge < -0.3 is 15.8 Å². The van der Waals surface area contributed by atoms with Crippen molar-refractivity contribution in [3.8, 4) is 5.88 Å².